The number of rotatable bonds is 12. The fraction of sp³-hybridized carbons (Fsp3) is 0.370. The van der Waals surface area contributed by atoms with Crippen LogP contribution in [0.1, 0.15) is 67.7 Å². The molecule has 3 aromatic carbocycles. The summed E-state index contributed by atoms with van der Waals surface area (Å²) in [5.74, 6) is 0.909. The van der Waals surface area contributed by atoms with Crippen molar-refractivity contribution in [2.45, 2.75) is 51.7 Å². The number of ether oxygens (including phenoxy) is 3. The van der Waals surface area contributed by atoms with Gasteiger partial charge in [0, 0.05) is 5.56 Å². The topological polar surface area (TPSA) is 65.0 Å². The van der Waals surface area contributed by atoms with Gasteiger partial charge in [0.2, 0.25) is 6.29 Å². The van der Waals surface area contributed by atoms with E-state index in [2.05, 4.69) is 11.7 Å². The first-order valence-electron chi connectivity index (χ1n) is 11.3. The summed E-state index contributed by atoms with van der Waals surface area (Å²) in [4.78, 5) is 11.5. The molecule has 0 aliphatic rings. The Morgan fingerprint density at radius 1 is 0.844 bits per heavy atom. The molecule has 3 rings (SSSR count). The largest absolute Gasteiger partial charge is 0.494 e. The minimum Gasteiger partial charge on any atom is -0.494 e. The number of fused-ring (bicyclic) bond motifs is 1. The summed E-state index contributed by atoms with van der Waals surface area (Å²) in [6.45, 7) is 2.96. The van der Waals surface area contributed by atoms with Crippen LogP contribution in [0.2, 0.25) is 0 Å². The SMILES string of the molecule is CCCCCCCCOc1ccc2cc(C(O)Oc3ccc(C(=O)OC)cc3)ccc2c1. The molecular weight excluding hydrogens is 404 g/mol. The number of esters is 1. The van der Waals surface area contributed by atoms with Crippen molar-refractivity contribution in [3.05, 3.63) is 71.8 Å². The van der Waals surface area contributed by atoms with Gasteiger partial charge in [-0.25, -0.2) is 4.79 Å². The van der Waals surface area contributed by atoms with Crippen LogP contribution < -0.4 is 9.47 Å². The van der Waals surface area contributed by atoms with Crippen LogP contribution in [0.5, 0.6) is 11.5 Å². The third-order valence-electron chi connectivity index (χ3n) is 5.41. The molecule has 0 fully saturated rings. The minimum atomic E-state index is -1.12. The average molecular weight is 437 g/mol. The molecule has 1 atom stereocenters. The normalized spacial score (nSPS) is 11.8. The van der Waals surface area contributed by atoms with E-state index in [-0.39, 0.29) is 0 Å². The van der Waals surface area contributed by atoms with Crippen molar-refractivity contribution in [1.82, 2.24) is 0 Å². The quantitative estimate of drug-likeness (QED) is 0.201. The van der Waals surface area contributed by atoms with Gasteiger partial charge in [0.05, 0.1) is 19.3 Å². The number of methoxy groups -OCH3 is 1. The zero-order valence-corrected chi connectivity index (χ0v) is 18.9. The Balaban J connectivity index is 1.55. The Kier molecular flexibility index (Phi) is 8.93. The fourth-order valence-electron chi connectivity index (χ4n) is 3.54. The Morgan fingerprint density at radius 3 is 2.25 bits per heavy atom. The van der Waals surface area contributed by atoms with E-state index in [1.165, 1.54) is 39.2 Å². The van der Waals surface area contributed by atoms with E-state index in [4.69, 9.17) is 9.47 Å². The number of aliphatic hydroxyl groups is 1. The van der Waals surface area contributed by atoms with Crippen molar-refractivity contribution in [2.75, 3.05) is 13.7 Å². The highest BCUT2D eigenvalue weighted by atomic mass is 16.6. The number of unbranched alkanes of at least 4 members (excludes halogenated alkanes) is 5. The maximum atomic E-state index is 11.5. The molecule has 170 valence electrons. The van der Waals surface area contributed by atoms with Gasteiger partial charge in [-0.1, -0.05) is 57.2 Å². The first kappa shape index (κ1) is 23.6. The molecule has 0 saturated carbocycles. The lowest BCUT2D eigenvalue weighted by Crippen LogP contribution is -2.07. The van der Waals surface area contributed by atoms with Gasteiger partial charge < -0.3 is 19.3 Å². The second-order valence-corrected chi connectivity index (χ2v) is 7.87. The van der Waals surface area contributed by atoms with E-state index in [0.717, 1.165) is 29.5 Å². The lowest BCUT2D eigenvalue weighted by Gasteiger charge is -2.15. The number of hydrogen-bond donors (Lipinski definition) is 1. The van der Waals surface area contributed by atoms with Crippen LogP contribution in [0, 0.1) is 0 Å². The van der Waals surface area contributed by atoms with Crippen LogP contribution in [0.15, 0.2) is 60.7 Å². The van der Waals surface area contributed by atoms with Gasteiger partial charge >= 0.3 is 5.97 Å². The molecule has 0 amide bonds. The second kappa shape index (κ2) is 12.1. The molecule has 0 aliphatic carbocycles. The molecule has 0 saturated heterocycles. The summed E-state index contributed by atoms with van der Waals surface area (Å²) in [6.07, 6.45) is 6.33. The molecule has 0 radical (unpaired) electrons. The predicted octanol–water partition coefficient (Wildman–Crippen LogP) is 6.44. The van der Waals surface area contributed by atoms with Crippen LogP contribution in [0.25, 0.3) is 10.8 Å². The molecular formula is C27H32O5. The highest BCUT2D eigenvalue weighted by molar-refractivity contribution is 5.89. The van der Waals surface area contributed by atoms with Crippen LogP contribution in [0.4, 0.5) is 0 Å². The van der Waals surface area contributed by atoms with Crippen molar-refractivity contribution in [3.8, 4) is 11.5 Å². The molecule has 0 heterocycles. The highest BCUT2D eigenvalue weighted by Gasteiger charge is 2.12. The van der Waals surface area contributed by atoms with Gasteiger partial charge in [0.15, 0.2) is 0 Å². The van der Waals surface area contributed by atoms with E-state index in [9.17, 15) is 9.90 Å². The molecule has 1 unspecified atom stereocenters. The summed E-state index contributed by atoms with van der Waals surface area (Å²) in [6, 6.07) is 18.1. The lowest BCUT2D eigenvalue weighted by atomic mass is 10.1. The summed E-state index contributed by atoms with van der Waals surface area (Å²) >= 11 is 0. The molecule has 0 aromatic heterocycles. The molecule has 3 aromatic rings. The second-order valence-electron chi connectivity index (χ2n) is 7.87. The highest BCUT2D eigenvalue weighted by Crippen LogP contribution is 2.26. The van der Waals surface area contributed by atoms with Crippen LogP contribution in [0.3, 0.4) is 0 Å². The van der Waals surface area contributed by atoms with E-state index in [0.29, 0.717) is 16.9 Å². The minimum absolute atomic E-state index is 0.415. The van der Waals surface area contributed by atoms with Gasteiger partial charge in [-0.15, -0.1) is 0 Å². The first-order valence-corrected chi connectivity index (χ1v) is 11.3. The molecule has 5 heteroatoms. The molecule has 0 bridgehead atoms. The zero-order chi connectivity index (χ0) is 22.8. The van der Waals surface area contributed by atoms with Crippen molar-refractivity contribution in [3.63, 3.8) is 0 Å². The van der Waals surface area contributed by atoms with Gasteiger partial charge in [0.25, 0.3) is 0 Å². The molecule has 32 heavy (non-hydrogen) atoms. The Hall–Kier alpha value is -3.05. The Morgan fingerprint density at radius 2 is 1.50 bits per heavy atom. The van der Waals surface area contributed by atoms with E-state index >= 15 is 0 Å². The summed E-state index contributed by atoms with van der Waals surface area (Å²) < 4.78 is 16.2. The smallest absolute Gasteiger partial charge is 0.337 e. The van der Waals surface area contributed by atoms with Crippen molar-refractivity contribution >= 4 is 16.7 Å². The van der Waals surface area contributed by atoms with E-state index in [1.807, 2.05) is 36.4 Å². The number of benzene rings is 3. The zero-order valence-electron chi connectivity index (χ0n) is 18.9. The molecule has 5 nitrogen and oxygen atoms in total. The number of carbonyl (C=O) groups is 1. The molecule has 0 aliphatic heterocycles. The maximum Gasteiger partial charge on any atom is 0.337 e. The lowest BCUT2D eigenvalue weighted by molar-refractivity contribution is -0.0193. The third-order valence-corrected chi connectivity index (χ3v) is 5.41. The van der Waals surface area contributed by atoms with Crippen molar-refractivity contribution in [1.29, 1.82) is 0 Å². The third kappa shape index (κ3) is 6.72. The van der Waals surface area contributed by atoms with Gasteiger partial charge in [-0.2, -0.15) is 0 Å². The van der Waals surface area contributed by atoms with E-state index < -0.39 is 12.3 Å². The fourth-order valence-corrected chi connectivity index (χ4v) is 3.54. The number of carbonyl (C=O) groups excluding carboxylic acids is 1. The van der Waals surface area contributed by atoms with Crippen molar-refractivity contribution in [2.24, 2.45) is 0 Å². The monoisotopic (exact) mass is 436 g/mol. The predicted molar refractivity (Wildman–Crippen MR) is 126 cm³/mol. The summed E-state index contributed by atoms with van der Waals surface area (Å²) in [5.41, 5.74) is 1.07. The number of aliphatic hydroxyl groups excluding tert-OH is 1. The molecule has 1 N–H and O–H groups in total. The van der Waals surface area contributed by atoms with E-state index in [1.54, 1.807) is 24.3 Å². The van der Waals surface area contributed by atoms with Crippen LogP contribution >= 0.6 is 0 Å². The average Bonchev–Trinajstić information content (AvgIpc) is 2.83. The Labute approximate surface area is 189 Å². The van der Waals surface area contributed by atoms with Gasteiger partial charge in [-0.05, 0) is 59.7 Å². The van der Waals surface area contributed by atoms with Crippen LogP contribution in [-0.4, -0.2) is 24.8 Å². The standard InChI is InChI=1S/C27H32O5/c1-3-4-5-6-7-8-17-31-25-16-13-21-18-23(10-9-22(21)19-25)27(29)32-24-14-11-20(12-15-24)26(28)30-2/h9-16,18-19,27,29H,3-8,17H2,1-2H3. The maximum absolute atomic E-state index is 11.5. The number of hydrogen-bond acceptors (Lipinski definition) is 5. The van der Waals surface area contributed by atoms with Crippen molar-refractivity contribution < 1.29 is 24.1 Å². The van der Waals surface area contributed by atoms with Gasteiger partial charge in [-0.3, -0.25) is 0 Å². The Bertz CT molecular complexity index is 997. The summed E-state index contributed by atoms with van der Waals surface area (Å²) in [5, 5.41) is 12.5. The van der Waals surface area contributed by atoms with Crippen LogP contribution in [-0.2, 0) is 4.74 Å². The molecule has 0 spiro atoms. The summed E-state index contributed by atoms with van der Waals surface area (Å²) in [7, 11) is 1.33. The van der Waals surface area contributed by atoms with Gasteiger partial charge in [0.1, 0.15) is 11.5 Å². The first-order chi connectivity index (χ1) is 15.6.